The molecule has 0 amide bonds. The smallest absolute Gasteiger partial charge is 0.247 e. The molecule has 1 aliphatic rings. The summed E-state index contributed by atoms with van der Waals surface area (Å²) in [5, 5.41) is 0. The summed E-state index contributed by atoms with van der Waals surface area (Å²) in [5.74, 6) is 1.05. The molecule has 1 fully saturated rings. The van der Waals surface area contributed by atoms with Crippen molar-refractivity contribution < 1.29 is 0 Å². The normalized spacial score (nSPS) is 14.7. The number of hydrogen-bond acceptors (Lipinski definition) is 6. The van der Waals surface area contributed by atoms with Crippen molar-refractivity contribution in [3.05, 3.63) is 89.0 Å². The SMILES string of the molecule is Nc1ncccc1-c1nc2ccc(-c3ccc(=O)[nH]c3)nc2n1-c1ccc(C2(N)CCC2)cc1. The van der Waals surface area contributed by atoms with Gasteiger partial charge in [0.2, 0.25) is 5.56 Å². The van der Waals surface area contributed by atoms with Crippen LogP contribution in [-0.2, 0) is 5.54 Å². The maximum Gasteiger partial charge on any atom is 0.247 e. The van der Waals surface area contributed by atoms with E-state index in [0.717, 1.165) is 52.9 Å². The van der Waals surface area contributed by atoms with Crippen LogP contribution in [0.3, 0.4) is 0 Å². The zero-order valence-corrected chi connectivity index (χ0v) is 18.4. The third-order valence-corrected chi connectivity index (χ3v) is 6.61. The minimum Gasteiger partial charge on any atom is -0.383 e. The molecule has 4 aromatic heterocycles. The lowest BCUT2D eigenvalue weighted by atomic mass is 9.73. The van der Waals surface area contributed by atoms with Gasteiger partial charge in [-0.15, -0.1) is 0 Å². The van der Waals surface area contributed by atoms with Crippen molar-refractivity contribution in [2.24, 2.45) is 5.73 Å². The third-order valence-electron chi connectivity index (χ3n) is 6.61. The van der Waals surface area contributed by atoms with Crippen LogP contribution in [0.15, 0.2) is 77.9 Å². The molecule has 1 saturated carbocycles. The van der Waals surface area contributed by atoms with Gasteiger partial charge < -0.3 is 16.5 Å². The van der Waals surface area contributed by atoms with E-state index < -0.39 is 0 Å². The number of hydrogen-bond donors (Lipinski definition) is 3. The summed E-state index contributed by atoms with van der Waals surface area (Å²) in [6.45, 7) is 0. The van der Waals surface area contributed by atoms with Gasteiger partial charge in [-0.2, -0.15) is 0 Å². The number of H-pyrrole nitrogens is 1. The Hall–Kier alpha value is -4.30. The molecule has 6 rings (SSSR count). The third kappa shape index (κ3) is 3.27. The van der Waals surface area contributed by atoms with Crippen LogP contribution in [0, 0.1) is 0 Å². The molecule has 4 heterocycles. The number of pyridine rings is 3. The van der Waals surface area contributed by atoms with Crippen molar-refractivity contribution in [2.45, 2.75) is 24.8 Å². The molecule has 0 spiro atoms. The lowest BCUT2D eigenvalue weighted by molar-refractivity contribution is 0.253. The number of nitrogens with one attached hydrogen (secondary N) is 1. The zero-order chi connectivity index (χ0) is 23.3. The number of nitrogens with two attached hydrogens (primary N) is 2. The Bertz CT molecular complexity index is 1560. The molecule has 0 radical (unpaired) electrons. The van der Waals surface area contributed by atoms with Crippen LogP contribution >= 0.6 is 0 Å². The average molecular weight is 450 g/mol. The Kier molecular flexibility index (Phi) is 4.56. The van der Waals surface area contributed by atoms with Crippen molar-refractivity contribution in [1.29, 1.82) is 0 Å². The predicted octanol–water partition coefficient (Wildman–Crippen LogP) is 3.76. The lowest BCUT2D eigenvalue weighted by Crippen LogP contribution is -2.43. The zero-order valence-electron chi connectivity index (χ0n) is 18.4. The number of rotatable bonds is 4. The summed E-state index contributed by atoms with van der Waals surface area (Å²) >= 11 is 0. The predicted molar refractivity (Wildman–Crippen MR) is 132 cm³/mol. The van der Waals surface area contributed by atoms with Crippen molar-refractivity contribution in [3.8, 4) is 28.3 Å². The molecule has 0 atom stereocenters. The van der Waals surface area contributed by atoms with Gasteiger partial charge in [0.25, 0.3) is 0 Å². The molecular weight excluding hydrogens is 426 g/mol. The Morgan fingerprint density at radius 1 is 0.971 bits per heavy atom. The highest BCUT2D eigenvalue weighted by molar-refractivity contribution is 5.84. The number of aromatic amines is 1. The van der Waals surface area contributed by atoms with E-state index in [9.17, 15) is 4.79 Å². The van der Waals surface area contributed by atoms with Gasteiger partial charge in [0.15, 0.2) is 11.5 Å². The Labute approximate surface area is 195 Å². The highest BCUT2D eigenvalue weighted by Gasteiger charge is 2.34. The maximum absolute atomic E-state index is 11.5. The Morgan fingerprint density at radius 3 is 2.47 bits per heavy atom. The molecule has 8 heteroatoms. The van der Waals surface area contributed by atoms with Gasteiger partial charge in [-0.1, -0.05) is 12.1 Å². The van der Waals surface area contributed by atoms with Crippen LogP contribution in [0.25, 0.3) is 39.5 Å². The van der Waals surface area contributed by atoms with Gasteiger partial charge in [0.05, 0.1) is 11.3 Å². The molecule has 8 nitrogen and oxygen atoms in total. The van der Waals surface area contributed by atoms with Crippen LogP contribution in [0.1, 0.15) is 24.8 Å². The first-order chi connectivity index (χ1) is 16.5. The van der Waals surface area contributed by atoms with Crippen LogP contribution in [0.2, 0.25) is 0 Å². The molecule has 5 N–H and O–H groups in total. The van der Waals surface area contributed by atoms with Crippen molar-refractivity contribution in [1.82, 2.24) is 24.5 Å². The number of imidazole rings is 1. The monoisotopic (exact) mass is 449 g/mol. The topological polar surface area (TPSA) is 128 Å². The first-order valence-electron chi connectivity index (χ1n) is 11.2. The summed E-state index contributed by atoms with van der Waals surface area (Å²) in [4.78, 5) is 28.2. The fourth-order valence-corrected chi connectivity index (χ4v) is 4.51. The first-order valence-corrected chi connectivity index (χ1v) is 11.2. The molecule has 168 valence electrons. The molecule has 34 heavy (non-hydrogen) atoms. The van der Waals surface area contributed by atoms with Gasteiger partial charge >= 0.3 is 0 Å². The number of nitrogen functional groups attached to an aromatic ring is 1. The molecule has 5 aromatic rings. The van der Waals surface area contributed by atoms with Gasteiger partial charge in [-0.25, -0.2) is 15.0 Å². The summed E-state index contributed by atoms with van der Waals surface area (Å²) < 4.78 is 1.99. The Morgan fingerprint density at radius 2 is 1.79 bits per heavy atom. The highest BCUT2D eigenvalue weighted by atomic mass is 16.1. The average Bonchev–Trinajstić information content (AvgIpc) is 3.22. The molecule has 0 bridgehead atoms. The van der Waals surface area contributed by atoms with Gasteiger partial charge in [0, 0.05) is 35.2 Å². The Balaban J connectivity index is 1.56. The van der Waals surface area contributed by atoms with E-state index in [4.69, 9.17) is 21.4 Å². The largest absolute Gasteiger partial charge is 0.383 e. The molecule has 1 aliphatic carbocycles. The number of anilines is 1. The number of benzene rings is 1. The second-order valence-electron chi connectivity index (χ2n) is 8.74. The first kappa shape index (κ1) is 20.3. The van der Waals surface area contributed by atoms with Crippen LogP contribution in [-0.4, -0.2) is 24.5 Å². The minimum atomic E-state index is -0.234. The molecule has 1 aromatic carbocycles. The van der Waals surface area contributed by atoms with E-state index in [2.05, 4.69) is 22.1 Å². The van der Waals surface area contributed by atoms with Crippen LogP contribution < -0.4 is 17.0 Å². The lowest BCUT2D eigenvalue weighted by Gasteiger charge is -2.38. The van der Waals surface area contributed by atoms with E-state index in [1.54, 1.807) is 18.5 Å². The molecule has 0 saturated heterocycles. The van der Waals surface area contributed by atoms with Crippen molar-refractivity contribution >= 4 is 17.0 Å². The van der Waals surface area contributed by atoms with E-state index >= 15 is 0 Å². The maximum atomic E-state index is 11.5. The van der Waals surface area contributed by atoms with E-state index in [0.29, 0.717) is 17.3 Å². The number of aromatic nitrogens is 5. The quantitative estimate of drug-likeness (QED) is 0.383. The summed E-state index contributed by atoms with van der Waals surface area (Å²) in [6, 6.07) is 19.1. The molecule has 0 aliphatic heterocycles. The molecule has 0 unspecified atom stereocenters. The van der Waals surface area contributed by atoms with Crippen molar-refractivity contribution in [3.63, 3.8) is 0 Å². The van der Waals surface area contributed by atoms with E-state index in [1.807, 2.05) is 41.0 Å². The van der Waals surface area contributed by atoms with Crippen LogP contribution in [0.5, 0.6) is 0 Å². The molecular formula is C26H23N7O. The standard InChI is InChI=1S/C26H23N7O/c27-23-19(3-1-14-29-23)24-32-21-10-9-20(16-4-11-22(34)30-15-16)31-25(21)33(24)18-7-5-17(6-8-18)26(28)12-2-13-26/h1,3-11,14-15H,2,12-13,28H2,(H2,27,29)(H,30,34). The highest BCUT2D eigenvalue weighted by Crippen LogP contribution is 2.39. The van der Waals surface area contributed by atoms with Gasteiger partial charge in [-0.3, -0.25) is 9.36 Å². The second-order valence-corrected chi connectivity index (χ2v) is 8.74. The fraction of sp³-hybridized carbons (Fsp3) is 0.154. The number of nitrogens with zero attached hydrogens (tertiary/aromatic N) is 4. The van der Waals surface area contributed by atoms with Crippen molar-refractivity contribution in [2.75, 3.05) is 5.73 Å². The van der Waals surface area contributed by atoms with Gasteiger partial charge in [0.1, 0.15) is 11.3 Å². The summed E-state index contributed by atoms with van der Waals surface area (Å²) in [6.07, 6.45) is 6.48. The summed E-state index contributed by atoms with van der Waals surface area (Å²) in [5.41, 5.74) is 18.1. The number of fused-ring (bicyclic) bond motifs is 1. The minimum absolute atomic E-state index is 0.159. The summed E-state index contributed by atoms with van der Waals surface area (Å²) in [7, 11) is 0. The van der Waals surface area contributed by atoms with Gasteiger partial charge in [-0.05, 0) is 67.3 Å². The fourth-order valence-electron chi connectivity index (χ4n) is 4.51. The van der Waals surface area contributed by atoms with Crippen LogP contribution in [0.4, 0.5) is 5.82 Å². The van der Waals surface area contributed by atoms with E-state index in [-0.39, 0.29) is 11.1 Å². The van der Waals surface area contributed by atoms with E-state index in [1.165, 1.54) is 6.07 Å². The second kappa shape index (κ2) is 7.64.